The molecule has 0 unspecified atom stereocenters. The molecular weight excluding hydrogens is 296 g/mol. The Labute approximate surface area is 130 Å². The third-order valence-corrected chi connectivity index (χ3v) is 4.20. The fraction of sp³-hybridized carbons (Fsp3) is 0.0556. The largest absolute Gasteiger partial charge is 0.286 e. The lowest BCUT2D eigenvalue weighted by Crippen LogP contribution is -2.15. The van der Waals surface area contributed by atoms with Crippen LogP contribution < -0.4 is 0 Å². The highest BCUT2D eigenvalue weighted by molar-refractivity contribution is 7.85. The summed E-state index contributed by atoms with van der Waals surface area (Å²) in [6.07, 6.45) is 0. The number of hydrogen-bond donors (Lipinski definition) is 1. The average Bonchev–Trinajstić information content (AvgIpc) is 2.52. The lowest BCUT2D eigenvalue weighted by molar-refractivity contribution is 0.484. The molecule has 0 spiro atoms. The number of rotatable bonds is 4. The molecular formula is C18H15O3S. The maximum Gasteiger partial charge on any atom is 0.266 e. The summed E-state index contributed by atoms with van der Waals surface area (Å²) in [6.45, 7) is 0. The SMILES string of the molecule is O=S(=O)(O)C[C](c1ccccc1)c1ccc2ccccc2c1. The molecule has 0 fully saturated rings. The molecule has 3 aromatic rings. The van der Waals surface area contributed by atoms with Crippen LogP contribution in [0.25, 0.3) is 10.8 Å². The second-order valence-electron chi connectivity index (χ2n) is 5.13. The first kappa shape index (κ1) is 14.8. The minimum Gasteiger partial charge on any atom is -0.286 e. The van der Waals surface area contributed by atoms with Crippen LogP contribution >= 0.6 is 0 Å². The smallest absolute Gasteiger partial charge is 0.266 e. The summed E-state index contributed by atoms with van der Waals surface area (Å²) in [5.74, 6) is 0.184. The van der Waals surface area contributed by atoms with E-state index < -0.39 is 15.9 Å². The summed E-state index contributed by atoms with van der Waals surface area (Å²) >= 11 is 0. The quantitative estimate of drug-likeness (QED) is 0.748. The van der Waals surface area contributed by atoms with Crippen molar-refractivity contribution in [1.29, 1.82) is 0 Å². The predicted molar refractivity (Wildman–Crippen MR) is 88.3 cm³/mol. The summed E-state index contributed by atoms with van der Waals surface area (Å²) in [5, 5.41) is 2.12. The van der Waals surface area contributed by atoms with Gasteiger partial charge in [-0.15, -0.1) is 0 Å². The molecule has 3 aromatic carbocycles. The van der Waals surface area contributed by atoms with Gasteiger partial charge in [-0.3, -0.25) is 4.55 Å². The first-order chi connectivity index (χ1) is 10.5. The minimum atomic E-state index is -4.11. The summed E-state index contributed by atoms with van der Waals surface area (Å²) in [5.41, 5.74) is 1.58. The van der Waals surface area contributed by atoms with Crippen molar-refractivity contribution < 1.29 is 13.0 Å². The summed E-state index contributed by atoms with van der Waals surface area (Å²) < 4.78 is 32.0. The first-order valence-corrected chi connectivity index (χ1v) is 8.49. The van der Waals surface area contributed by atoms with Crippen LogP contribution in [0.15, 0.2) is 72.8 Å². The maximum absolute atomic E-state index is 11.4. The van der Waals surface area contributed by atoms with Gasteiger partial charge in [0.25, 0.3) is 10.1 Å². The Hall–Kier alpha value is -2.17. The van der Waals surface area contributed by atoms with E-state index in [-0.39, 0.29) is 0 Å². The van der Waals surface area contributed by atoms with E-state index >= 15 is 0 Å². The molecule has 0 saturated heterocycles. The van der Waals surface area contributed by atoms with Gasteiger partial charge in [-0.1, -0.05) is 72.8 Å². The lowest BCUT2D eigenvalue weighted by Gasteiger charge is -2.16. The molecule has 0 saturated carbocycles. The van der Waals surface area contributed by atoms with Crippen molar-refractivity contribution >= 4 is 20.9 Å². The van der Waals surface area contributed by atoms with Crippen molar-refractivity contribution in [2.24, 2.45) is 0 Å². The number of benzene rings is 3. The highest BCUT2D eigenvalue weighted by atomic mass is 32.2. The minimum absolute atomic E-state index is 0.407. The highest BCUT2D eigenvalue weighted by Crippen LogP contribution is 2.27. The molecule has 0 atom stereocenters. The van der Waals surface area contributed by atoms with Crippen LogP contribution in [-0.2, 0) is 10.1 Å². The number of hydrogen-bond acceptors (Lipinski definition) is 2. The monoisotopic (exact) mass is 311 g/mol. The van der Waals surface area contributed by atoms with Crippen molar-refractivity contribution in [2.45, 2.75) is 0 Å². The van der Waals surface area contributed by atoms with Crippen LogP contribution in [-0.4, -0.2) is 18.7 Å². The first-order valence-electron chi connectivity index (χ1n) is 6.88. The van der Waals surface area contributed by atoms with Gasteiger partial charge in [0.05, 0.1) is 11.7 Å². The van der Waals surface area contributed by atoms with Crippen LogP contribution in [0.1, 0.15) is 11.1 Å². The maximum atomic E-state index is 11.4. The Bertz CT molecular complexity index is 886. The van der Waals surface area contributed by atoms with Crippen LogP contribution in [0.5, 0.6) is 0 Å². The van der Waals surface area contributed by atoms with Crippen LogP contribution in [0.2, 0.25) is 0 Å². The van der Waals surface area contributed by atoms with E-state index in [2.05, 4.69) is 0 Å². The second-order valence-corrected chi connectivity index (χ2v) is 6.59. The highest BCUT2D eigenvalue weighted by Gasteiger charge is 2.21. The fourth-order valence-corrected chi connectivity index (χ4v) is 3.23. The van der Waals surface area contributed by atoms with Crippen molar-refractivity contribution in [2.75, 3.05) is 5.75 Å². The van der Waals surface area contributed by atoms with E-state index in [0.717, 1.165) is 21.9 Å². The van der Waals surface area contributed by atoms with Gasteiger partial charge in [-0.05, 0) is 21.9 Å². The van der Waals surface area contributed by atoms with E-state index in [0.29, 0.717) is 5.92 Å². The van der Waals surface area contributed by atoms with Crippen molar-refractivity contribution in [1.82, 2.24) is 0 Å². The van der Waals surface area contributed by atoms with E-state index in [1.807, 2.05) is 72.8 Å². The topological polar surface area (TPSA) is 54.4 Å². The predicted octanol–water partition coefficient (Wildman–Crippen LogP) is 3.70. The zero-order valence-corrected chi connectivity index (χ0v) is 12.6. The molecule has 0 heterocycles. The van der Waals surface area contributed by atoms with Crippen molar-refractivity contribution in [3.8, 4) is 0 Å². The second kappa shape index (κ2) is 5.91. The molecule has 22 heavy (non-hydrogen) atoms. The molecule has 3 nitrogen and oxygen atoms in total. The Balaban J connectivity index is 2.11. The van der Waals surface area contributed by atoms with Crippen LogP contribution in [0.3, 0.4) is 0 Å². The Morgan fingerprint density at radius 2 is 1.41 bits per heavy atom. The zero-order chi connectivity index (χ0) is 15.6. The van der Waals surface area contributed by atoms with Gasteiger partial charge >= 0.3 is 0 Å². The summed E-state index contributed by atoms with van der Waals surface area (Å²) in [7, 11) is -4.11. The standard InChI is InChI=1S/C18H15O3S/c19-22(20,21)13-18(15-7-2-1-3-8-15)17-11-10-14-6-4-5-9-16(14)12-17/h1-12H,13H2,(H,19,20,21). The van der Waals surface area contributed by atoms with Gasteiger partial charge in [0.1, 0.15) is 0 Å². The van der Waals surface area contributed by atoms with Gasteiger partial charge in [0.15, 0.2) is 0 Å². The molecule has 1 N–H and O–H groups in total. The Morgan fingerprint density at radius 1 is 0.773 bits per heavy atom. The molecule has 0 aliphatic heterocycles. The van der Waals surface area contributed by atoms with Gasteiger partial charge in [-0.25, -0.2) is 0 Å². The van der Waals surface area contributed by atoms with E-state index in [9.17, 15) is 13.0 Å². The van der Waals surface area contributed by atoms with Gasteiger partial charge in [-0.2, -0.15) is 8.42 Å². The van der Waals surface area contributed by atoms with Crippen LogP contribution in [0.4, 0.5) is 0 Å². The molecule has 0 aliphatic carbocycles. The Kier molecular flexibility index (Phi) is 3.96. The number of fused-ring (bicyclic) bond motifs is 1. The summed E-state index contributed by atoms with van der Waals surface area (Å²) in [4.78, 5) is 0. The average molecular weight is 311 g/mol. The van der Waals surface area contributed by atoms with Gasteiger partial charge < -0.3 is 0 Å². The normalized spacial score (nSPS) is 11.9. The third-order valence-electron chi connectivity index (χ3n) is 3.55. The molecule has 4 heteroatoms. The zero-order valence-electron chi connectivity index (χ0n) is 11.8. The molecule has 111 valence electrons. The Morgan fingerprint density at radius 3 is 2.09 bits per heavy atom. The molecule has 0 aromatic heterocycles. The molecule has 0 bridgehead atoms. The van der Waals surface area contributed by atoms with E-state index in [1.165, 1.54) is 0 Å². The molecule has 1 radical (unpaired) electrons. The fourth-order valence-electron chi connectivity index (χ4n) is 2.53. The molecule has 0 aliphatic rings. The summed E-state index contributed by atoms with van der Waals surface area (Å²) in [6, 6.07) is 22.9. The molecule has 0 amide bonds. The van der Waals surface area contributed by atoms with Crippen LogP contribution in [0, 0.1) is 5.92 Å². The molecule has 3 rings (SSSR count). The van der Waals surface area contributed by atoms with E-state index in [4.69, 9.17) is 0 Å². The third kappa shape index (κ3) is 3.35. The van der Waals surface area contributed by atoms with Crippen molar-refractivity contribution in [3.63, 3.8) is 0 Å². The van der Waals surface area contributed by atoms with Crippen molar-refractivity contribution in [3.05, 3.63) is 89.8 Å². The van der Waals surface area contributed by atoms with E-state index in [1.54, 1.807) is 0 Å². The van der Waals surface area contributed by atoms with Gasteiger partial charge in [0.2, 0.25) is 0 Å². The van der Waals surface area contributed by atoms with Gasteiger partial charge in [0, 0.05) is 0 Å². The lowest BCUT2D eigenvalue weighted by atomic mass is 9.91.